The van der Waals surface area contributed by atoms with Gasteiger partial charge in [0, 0.05) is 23.6 Å². The van der Waals surface area contributed by atoms with E-state index in [-0.39, 0.29) is 18.4 Å². The Labute approximate surface area is 156 Å². The van der Waals surface area contributed by atoms with E-state index >= 15 is 0 Å². The molecule has 0 unspecified atom stereocenters. The summed E-state index contributed by atoms with van der Waals surface area (Å²) >= 11 is 0. The summed E-state index contributed by atoms with van der Waals surface area (Å²) in [7, 11) is 0. The SMILES string of the molecule is CCc1ccccc1Nc1nccc(C(=O)Nc2ccc3c(c2)OCO3)n1. The Morgan fingerprint density at radius 1 is 1.11 bits per heavy atom. The van der Waals surface area contributed by atoms with Crippen LogP contribution >= 0.6 is 0 Å². The predicted octanol–water partition coefficient (Wildman–Crippen LogP) is 3.76. The molecule has 0 radical (unpaired) electrons. The third-order valence-electron chi connectivity index (χ3n) is 4.16. The fourth-order valence-corrected chi connectivity index (χ4v) is 2.79. The molecule has 0 saturated carbocycles. The highest BCUT2D eigenvalue weighted by Gasteiger charge is 2.15. The molecule has 136 valence electrons. The van der Waals surface area contributed by atoms with Crippen LogP contribution in [-0.4, -0.2) is 22.7 Å². The van der Waals surface area contributed by atoms with Gasteiger partial charge >= 0.3 is 0 Å². The third kappa shape index (κ3) is 3.67. The summed E-state index contributed by atoms with van der Waals surface area (Å²) in [6.45, 7) is 2.27. The number of anilines is 3. The second-order valence-electron chi connectivity index (χ2n) is 5.92. The molecule has 2 N–H and O–H groups in total. The van der Waals surface area contributed by atoms with E-state index in [0.717, 1.165) is 17.7 Å². The molecule has 0 atom stereocenters. The topological polar surface area (TPSA) is 85.4 Å². The van der Waals surface area contributed by atoms with Crippen molar-refractivity contribution in [2.45, 2.75) is 13.3 Å². The molecule has 1 aromatic heterocycles. The van der Waals surface area contributed by atoms with Crippen LogP contribution in [0.15, 0.2) is 54.7 Å². The van der Waals surface area contributed by atoms with E-state index in [9.17, 15) is 4.79 Å². The molecule has 0 bridgehead atoms. The lowest BCUT2D eigenvalue weighted by Gasteiger charge is -2.10. The average molecular weight is 362 g/mol. The van der Waals surface area contributed by atoms with E-state index in [1.54, 1.807) is 30.5 Å². The van der Waals surface area contributed by atoms with Crippen molar-refractivity contribution in [3.8, 4) is 11.5 Å². The minimum atomic E-state index is -0.330. The Kier molecular flexibility index (Phi) is 4.57. The third-order valence-corrected chi connectivity index (χ3v) is 4.16. The molecule has 4 rings (SSSR count). The first kappa shape index (κ1) is 16.8. The van der Waals surface area contributed by atoms with Gasteiger partial charge in [-0.25, -0.2) is 9.97 Å². The minimum Gasteiger partial charge on any atom is -0.454 e. The van der Waals surface area contributed by atoms with Gasteiger partial charge in [0.15, 0.2) is 11.5 Å². The molecule has 7 heteroatoms. The molecule has 2 heterocycles. The smallest absolute Gasteiger partial charge is 0.274 e. The number of ether oxygens (including phenoxy) is 2. The van der Waals surface area contributed by atoms with Crippen LogP contribution in [0.25, 0.3) is 0 Å². The van der Waals surface area contributed by atoms with Gasteiger partial charge in [-0.3, -0.25) is 4.79 Å². The Balaban J connectivity index is 1.51. The lowest BCUT2D eigenvalue weighted by Crippen LogP contribution is -2.14. The first-order valence-electron chi connectivity index (χ1n) is 8.62. The Hall–Kier alpha value is -3.61. The summed E-state index contributed by atoms with van der Waals surface area (Å²) in [5, 5.41) is 5.99. The van der Waals surface area contributed by atoms with Crippen LogP contribution in [0.5, 0.6) is 11.5 Å². The molecule has 0 aliphatic carbocycles. The molecule has 0 spiro atoms. The highest BCUT2D eigenvalue weighted by molar-refractivity contribution is 6.03. The van der Waals surface area contributed by atoms with Gasteiger partial charge in [0.25, 0.3) is 5.91 Å². The van der Waals surface area contributed by atoms with Crippen LogP contribution in [-0.2, 0) is 6.42 Å². The highest BCUT2D eigenvalue weighted by atomic mass is 16.7. The first-order valence-corrected chi connectivity index (χ1v) is 8.62. The number of fused-ring (bicyclic) bond motifs is 1. The van der Waals surface area contributed by atoms with Crippen LogP contribution < -0.4 is 20.1 Å². The van der Waals surface area contributed by atoms with Crippen molar-refractivity contribution in [1.82, 2.24) is 9.97 Å². The van der Waals surface area contributed by atoms with E-state index in [1.165, 1.54) is 0 Å². The monoisotopic (exact) mass is 362 g/mol. The Bertz CT molecular complexity index is 990. The van der Waals surface area contributed by atoms with Crippen molar-refractivity contribution in [2.24, 2.45) is 0 Å². The zero-order valence-electron chi connectivity index (χ0n) is 14.7. The number of carbonyl (C=O) groups is 1. The standard InChI is InChI=1S/C20H18N4O3/c1-2-13-5-3-4-6-15(13)23-20-21-10-9-16(24-20)19(25)22-14-7-8-17-18(11-14)27-12-26-17/h3-11H,2,12H2,1H3,(H,22,25)(H,21,23,24). The molecule has 2 aromatic carbocycles. The van der Waals surface area contributed by atoms with Crippen molar-refractivity contribution in [3.05, 3.63) is 66.0 Å². The predicted molar refractivity (Wildman–Crippen MR) is 102 cm³/mol. The molecule has 7 nitrogen and oxygen atoms in total. The minimum absolute atomic E-state index is 0.187. The highest BCUT2D eigenvalue weighted by Crippen LogP contribution is 2.34. The molecule has 27 heavy (non-hydrogen) atoms. The van der Waals surface area contributed by atoms with Crippen LogP contribution in [0, 0.1) is 0 Å². The Morgan fingerprint density at radius 2 is 1.96 bits per heavy atom. The largest absolute Gasteiger partial charge is 0.454 e. The van der Waals surface area contributed by atoms with Gasteiger partial charge in [-0.15, -0.1) is 0 Å². The number of nitrogens with one attached hydrogen (secondary N) is 2. The molecule has 1 amide bonds. The maximum atomic E-state index is 12.5. The number of para-hydroxylation sites is 1. The summed E-state index contributed by atoms with van der Waals surface area (Å²) in [5.41, 5.74) is 2.94. The van der Waals surface area contributed by atoms with Gasteiger partial charge in [-0.1, -0.05) is 25.1 Å². The average Bonchev–Trinajstić information content (AvgIpc) is 3.16. The normalized spacial score (nSPS) is 11.9. The number of rotatable bonds is 5. The fourth-order valence-electron chi connectivity index (χ4n) is 2.79. The van der Waals surface area contributed by atoms with Gasteiger partial charge in [0.1, 0.15) is 5.69 Å². The number of carbonyl (C=O) groups excluding carboxylic acids is 1. The van der Waals surface area contributed by atoms with Crippen LogP contribution in [0.3, 0.4) is 0 Å². The zero-order valence-corrected chi connectivity index (χ0v) is 14.7. The van der Waals surface area contributed by atoms with E-state index in [0.29, 0.717) is 23.1 Å². The number of benzene rings is 2. The van der Waals surface area contributed by atoms with Gasteiger partial charge in [-0.2, -0.15) is 0 Å². The summed E-state index contributed by atoms with van der Waals surface area (Å²) in [6.07, 6.45) is 2.44. The number of hydrogen-bond acceptors (Lipinski definition) is 6. The van der Waals surface area contributed by atoms with Gasteiger partial charge in [0.2, 0.25) is 12.7 Å². The summed E-state index contributed by atoms with van der Waals surface area (Å²) in [6, 6.07) is 14.7. The molecular weight excluding hydrogens is 344 g/mol. The van der Waals surface area contributed by atoms with Gasteiger partial charge < -0.3 is 20.1 Å². The zero-order chi connectivity index (χ0) is 18.6. The summed E-state index contributed by atoms with van der Waals surface area (Å²) in [5.74, 6) is 1.31. The maximum Gasteiger partial charge on any atom is 0.274 e. The van der Waals surface area contributed by atoms with Crippen molar-refractivity contribution < 1.29 is 14.3 Å². The van der Waals surface area contributed by atoms with E-state index in [4.69, 9.17) is 9.47 Å². The lowest BCUT2D eigenvalue weighted by atomic mass is 10.1. The molecule has 1 aliphatic heterocycles. The number of hydrogen-bond donors (Lipinski definition) is 2. The lowest BCUT2D eigenvalue weighted by molar-refractivity contribution is 0.102. The summed E-state index contributed by atoms with van der Waals surface area (Å²) < 4.78 is 10.6. The van der Waals surface area contributed by atoms with Crippen molar-refractivity contribution in [1.29, 1.82) is 0 Å². The molecular formula is C20H18N4O3. The van der Waals surface area contributed by atoms with Crippen LogP contribution in [0.2, 0.25) is 0 Å². The number of nitrogens with zero attached hydrogens (tertiary/aromatic N) is 2. The summed E-state index contributed by atoms with van der Waals surface area (Å²) in [4.78, 5) is 21.1. The quantitative estimate of drug-likeness (QED) is 0.719. The van der Waals surface area contributed by atoms with Crippen molar-refractivity contribution in [3.63, 3.8) is 0 Å². The first-order chi connectivity index (χ1) is 13.2. The van der Waals surface area contributed by atoms with Gasteiger partial charge in [-0.05, 0) is 36.2 Å². The fraction of sp³-hybridized carbons (Fsp3) is 0.150. The molecule has 1 aliphatic rings. The molecule has 0 saturated heterocycles. The van der Waals surface area contributed by atoms with Crippen LogP contribution in [0.1, 0.15) is 23.0 Å². The van der Waals surface area contributed by atoms with Gasteiger partial charge in [0.05, 0.1) is 0 Å². The van der Waals surface area contributed by atoms with Crippen LogP contribution in [0.4, 0.5) is 17.3 Å². The second kappa shape index (κ2) is 7.33. The van der Waals surface area contributed by atoms with E-state index in [1.807, 2.05) is 24.3 Å². The number of aromatic nitrogens is 2. The number of aryl methyl sites for hydroxylation is 1. The van der Waals surface area contributed by atoms with E-state index in [2.05, 4.69) is 27.5 Å². The molecule has 3 aromatic rings. The van der Waals surface area contributed by atoms with E-state index < -0.39 is 0 Å². The second-order valence-corrected chi connectivity index (χ2v) is 5.92. The molecule has 0 fully saturated rings. The number of amides is 1. The van der Waals surface area contributed by atoms with Crippen molar-refractivity contribution in [2.75, 3.05) is 17.4 Å². The van der Waals surface area contributed by atoms with Crippen molar-refractivity contribution >= 4 is 23.2 Å². The Morgan fingerprint density at radius 3 is 2.85 bits per heavy atom. The maximum absolute atomic E-state index is 12.5.